The highest BCUT2D eigenvalue weighted by Crippen LogP contribution is 2.35. The second-order valence-corrected chi connectivity index (χ2v) is 5.70. The maximum absolute atomic E-state index is 14.0. The van der Waals surface area contributed by atoms with Crippen LogP contribution in [0.2, 0.25) is 0 Å². The molecule has 2 aromatic carbocycles. The molecular formula is C17H11F5N2O2. The van der Waals surface area contributed by atoms with Crippen LogP contribution >= 0.6 is 0 Å². The van der Waals surface area contributed by atoms with Gasteiger partial charge in [-0.2, -0.15) is 0 Å². The summed E-state index contributed by atoms with van der Waals surface area (Å²) in [6.07, 6.45) is 0.0118. The Kier molecular flexibility index (Phi) is 4.39. The van der Waals surface area contributed by atoms with Crippen molar-refractivity contribution in [1.29, 1.82) is 0 Å². The van der Waals surface area contributed by atoms with Crippen molar-refractivity contribution >= 4 is 17.6 Å². The molecule has 26 heavy (non-hydrogen) atoms. The van der Waals surface area contributed by atoms with Crippen LogP contribution in [0.25, 0.3) is 11.1 Å². The molecular weight excluding hydrogens is 359 g/mol. The van der Waals surface area contributed by atoms with Crippen LogP contribution < -0.4 is 10.2 Å². The zero-order chi connectivity index (χ0) is 19.2. The Balaban J connectivity index is 2.15. The van der Waals surface area contributed by atoms with Gasteiger partial charge in [-0.15, -0.1) is 0 Å². The molecule has 3 amide bonds. The van der Waals surface area contributed by atoms with Gasteiger partial charge in [0.25, 0.3) is 0 Å². The molecule has 1 heterocycles. The molecule has 9 heteroatoms. The second kappa shape index (κ2) is 6.40. The first kappa shape index (κ1) is 17.8. The number of imide groups is 1. The van der Waals surface area contributed by atoms with Crippen molar-refractivity contribution in [1.82, 2.24) is 5.32 Å². The number of rotatable bonds is 2. The van der Waals surface area contributed by atoms with Crippen LogP contribution in [0.4, 0.5) is 32.4 Å². The quantitative estimate of drug-likeness (QED) is 0.497. The summed E-state index contributed by atoms with van der Waals surface area (Å²) in [5.41, 5.74) is -0.669. The van der Waals surface area contributed by atoms with E-state index >= 15 is 0 Å². The molecule has 0 saturated carbocycles. The molecule has 3 rings (SSSR count). The number of amides is 3. The van der Waals surface area contributed by atoms with Gasteiger partial charge in [-0.3, -0.25) is 15.0 Å². The van der Waals surface area contributed by atoms with Gasteiger partial charge < -0.3 is 0 Å². The highest BCUT2D eigenvalue weighted by atomic mass is 19.2. The Morgan fingerprint density at radius 3 is 2.08 bits per heavy atom. The molecule has 2 aromatic rings. The third-order valence-electron chi connectivity index (χ3n) is 4.05. The van der Waals surface area contributed by atoms with Crippen molar-refractivity contribution < 1.29 is 31.5 Å². The van der Waals surface area contributed by atoms with E-state index in [1.807, 2.05) is 0 Å². The summed E-state index contributed by atoms with van der Waals surface area (Å²) in [4.78, 5) is 24.4. The van der Waals surface area contributed by atoms with Gasteiger partial charge in [0.2, 0.25) is 11.7 Å². The minimum Gasteiger partial charge on any atom is -0.293 e. The molecule has 0 aromatic heterocycles. The van der Waals surface area contributed by atoms with Crippen LogP contribution in [0, 0.1) is 36.0 Å². The largest absolute Gasteiger partial charge is 0.328 e. The number of anilines is 1. The average molecular weight is 370 g/mol. The Bertz CT molecular complexity index is 916. The third kappa shape index (κ3) is 2.79. The molecule has 0 aliphatic carbocycles. The number of halogens is 5. The fourth-order valence-electron chi connectivity index (χ4n) is 2.71. The number of urea groups is 1. The molecule has 0 spiro atoms. The lowest BCUT2D eigenvalue weighted by atomic mass is 10.00. The zero-order valence-corrected chi connectivity index (χ0v) is 13.3. The first-order valence-electron chi connectivity index (χ1n) is 7.46. The normalized spacial score (nSPS) is 14.6. The van der Waals surface area contributed by atoms with E-state index < -0.39 is 46.6 Å². The number of hydrogen-bond acceptors (Lipinski definition) is 2. The lowest BCUT2D eigenvalue weighted by molar-refractivity contribution is -0.120. The topological polar surface area (TPSA) is 49.4 Å². The van der Waals surface area contributed by atoms with Crippen LogP contribution in [-0.2, 0) is 4.79 Å². The Morgan fingerprint density at radius 2 is 1.50 bits per heavy atom. The first-order valence-corrected chi connectivity index (χ1v) is 7.46. The predicted molar refractivity (Wildman–Crippen MR) is 81.9 cm³/mol. The molecule has 0 radical (unpaired) electrons. The standard InChI is InChI=1S/C17H11F5N2O2/c1-7-2-3-8(6-9(7)24-5-4-10(25)23-17(24)26)11-12(18)14(20)16(22)15(21)13(11)19/h2-3,6H,4-5H2,1H3,(H,23,25,26). The predicted octanol–water partition coefficient (Wildman–Crippen LogP) is 3.80. The van der Waals surface area contributed by atoms with E-state index in [4.69, 9.17) is 0 Å². The summed E-state index contributed by atoms with van der Waals surface area (Å²) in [7, 11) is 0. The van der Waals surface area contributed by atoms with E-state index in [9.17, 15) is 31.5 Å². The van der Waals surface area contributed by atoms with Gasteiger partial charge in [0.1, 0.15) is 0 Å². The molecule has 1 N–H and O–H groups in total. The molecule has 1 aliphatic rings. The van der Waals surface area contributed by atoms with Crippen molar-refractivity contribution in [2.24, 2.45) is 0 Å². The number of hydrogen-bond donors (Lipinski definition) is 1. The number of nitrogens with zero attached hydrogens (tertiary/aromatic N) is 1. The van der Waals surface area contributed by atoms with Crippen LogP contribution in [0.3, 0.4) is 0 Å². The second-order valence-electron chi connectivity index (χ2n) is 5.70. The minimum atomic E-state index is -2.25. The Labute approximate surface area is 144 Å². The number of aryl methyl sites for hydroxylation is 1. The van der Waals surface area contributed by atoms with Gasteiger partial charge in [0, 0.05) is 18.7 Å². The van der Waals surface area contributed by atoms with Crippen LogP contribution in [0.1, 0.15) is 12.0 Å². The van der Waals surface area contributed by atoms with Crippen molar-refractivity contribution in [2.45, 2.75) is 13.3 Å². The summed E-state index contributed by atoms with van der Waals surface area (Å²) in [6, 6.07) is 2.97. The summed E-state index contributed by atoms with van der Waals surface area (Å²) in [5.74, 6) is -10.8. The van der Waals surface area contributed by atoms with Crippen molar-refractivity contribution in [3.63, 3.8) is 0 Å². The fourth-order valence-corrected chi connectivity index (χ4v) is 2.71. The summed E-state index contributed by atoms with van der Waals surface area (Å²) in [6.45, 7) is 1.62. The van der Waals surface area contributed by atoms with Gasteiger partial charge in [-0.25, -0.2) is 26.7 Å². The third-order valence-corrected chi connectivity index (χ3v) is 4.05. The van der Waals surface area contributed by atoms with Gasteiger partial charge in [-0.1, -0.05) is 12.1 Å². The molecule has 1 saturated heterocycles. The van der Waals surface area contributed by atoms with Crippen LogP contribution in [0.15, 0.2) is 18.2 Å². The first-order chi connectivity index (χ1) is 12.2. The van der Waals surface area contributed by atoms with E-state index in [0.717, 1.165) is 11.0 Å². The van der Waals surface area contributed by atoms with E-state index in [2.05, 4.69) is 5.32 Å². The number of nitrogens with one attached hydrogen (secondary N) is 1. The summed E-state index contributed by atoms with van der Waals surface area (Å²) >= 11 is 0. The average Bonchev–Trinajstić information content (AvgIpc) is 2.60. The van der Waals surface area contributed by atoms with Crippen LogP contribution in [0.5, 0.6) is 0 Å². The van der Waals surface area contributed by atoms with Gasteiger partial charge in [-0.05, 0) is 24.1 Å². The van der Waals surface area contributed by atoms with Crippen molar-refractivity contribution in [3.8, 4) is 11.1 Å². The summed E-state index contributed by atoms with van der Waals surface area (Å²) in [5, 5.41) is 2.09. The van der Waals surface area contributed by atoms with E-state index in [1.54, 1.807) is 6.92 Å². The fraction of sp³-hybridized carbons (Fsp3) is 0.176. The van der Waals surface area contributed by atoms with Crippen molar-refractivity contribution in [2.75, 3.05) is 11.4 Å². The zero-order valence-electron chi connectivity index (χ0n) is 13.3. The maximum Gasteiger partial charge on any atom is 0.328 e. The van der Waals surface area contributed by atoms with Gasteiger partial charge in [0.15, 0.2) is 23.3 Å². The van der Waals surface area contributed by atoms with Crippen LogP contribution in [-0.4, -0.2) is 18.5 Å². The molecule has 0 unspecified atom stereocenters. The maximum atomic E-state index is 14.0. The number of carbonyl (C=O) groups excluding carboxylic acids is 2. The Hall–Kier alpha value is -2.97. The highest BCUT2D eigenvalue weighted by Gasteiger charge is 2.29. The Morgan fingerprint density at radius 1 is 0.923 bits per heavy atom. The number of benzene rings is 2. The monoisotopic (exact) mass is 370 g/mol. The number of carbonyl (C=O) groups is 2. The highest BCUT2D eigenvalue weighted by molar-refractivity contribution is 6.06. The molecule has 4 nitrogen and oxygen atoms in total. The molecule has 136 valence electrons. The minimum absolute atomic E-state index is 0.0118. The van der Waals surface area contributed by atoms with E-state index in [-0.39, 0.29) is 24.2 Å². The molecule has 0 bridgehead atoms. The SMILES string of the molecule is Cc1ccc(-c2c(F)c(F)c(F)c(F)c2F)cc1N1CCC(=O)NC1=O. The lowest BCUT2D eigenvalue weighted by Gasteiger charge is -2.28. The molecule has 1 fully saturated rings. The van der Waals surface area contributed by atoms with Crippen molar-refractivity contribution in [3.05, 3.63) is 52.8 Å². The van der Waals surface area contributed by atoms with Gasteiger partial charge >= 0.3 is 6.03 Å². The van der Waals surface area contributed by atoms with E-state index in [1.165, 1.54) is 12.1 Å². The smallest absolute Gasteiger partial charge is 0.293 e. The molecule has 0 atom stereocenters. The lowest BCUT2D eigenvalue weighted by Crippen LogP contribution is -2.49. The van der Waals surface area contributed by atoms with E-state index in [0.29, 0.717) is 5.56 Å². The molecule has 1 aliphatic heterocycles. The van der Waals surface area contributed by atoms with Gasteiger partial charge in [0.05, 0.1) is 5.56 Å². The summed E-state index contributed by atoms with van der Waals surface area (Å²) < 4.78 is 68.2.